The zero-order chi connectivity index (χ0) is 19.3. The Labute approximate surface area is 168 Å². The molecule has 8 heteroatoms. The summed E-state index contributed by atoms with van der Waals surface area (Å²) >= 11 is 9.34. The fourth-order valence-electron chi connectivity index (χ4n) is 3.03. The Morgan fingerprint density at radius 3 is 2.37 bits per heavy atom. The summed E-state index contributed by atoms with van der Waals surface area (Å²) in [7, 11) is -4.13. The molecule has 1 heterocycles. The molecule has 0 aliphatic carbocycles. The maximum atomic E-state index is 13.3. The molecule has 27 heavy (non-hydrogen) atoms. The molecule has 1 N–H and O–H groups in total. The van der Waals surface area contributed by atoms with Crippen molar-refractivity contribution in [3.63, 3.8) is 0 Å². The molecule has 0 saturated heterocycles. The summed E-state index contributed by atoms with van der Waals surface area (Å²) in [5.74, 6) is -1.34. The van der Waals surface area contributed by atoms with E-state index in [1.54, 1.807) is 12.1 Å². The molecular weight excluding hydrogens is 454 g/mol. The minimum absolute atomic E-state index is 0.00673. The van der Waals surface area contributed by atoms with E-state index in [9.17, 15) is 18.3 Å². The number of benzene rings is 3. The summed E-state index contributed by atoms with van der Waals surface area (Å²) in [6.07, 6.45) is 0. The van der Waals surface area contributed by atoms with E-state index in [4.69, 9.17) is 11.6 Å². The van der Waals surface area contributed by atoms with Gasteiger partial charge in [0, 0.05) is 14.9 Å². The van der Waals surface area contributed by atoms with E-state index in [0.29, 0.717) is 10.4 Å². The van der Waals surface area contributed by atoms with Crippen LogP contribution in [0.4, 0.5) is 0 Å². The monoisotopic (exact) mass is 463 g/mol. The summed E-state index contributed by atoms with van der Waals surface area (Å²) in [5.41, 5.74) is -0.0872. The van der Waals surface area contributed by atoms with Crippen LogP contribution in [-0.4, -0.2) is 23.5 Å². The number of nitrogens with zero attached hydrogens (tertiary/aromatic N) is 1. The molecular formula is C19H11BrClNO4S. The fourth-order valence-corrected chi connectivity index (χ4v) is 5.13. The van der Waals surface area contributed by atoms with Gasteiger partial charge in [0.25, 0.3) is 10.0 Å². The van der Waals surface area contributed by atoms with Gasteiger partial charge >= 0.3 is 5.97 Å². The summed E-state index contributed by atoms with van der Waals surface area (Å²) in [6.45, 7) is 0. The summed E-state index contributed by atoms with van der Waals surface area (Å²) in [6, 6.07) is 16.0. The lowest BCUT2D eigenvalue weighted by Gasteiger charge is -2.11. The second-order valence-electron chi connectivity index (χ2n) is 5.96. The SMILES string of the molecule is O=C(O)c1cc2cc(Cl)ccc2n1S(=O)(=O)c1ccc2cc(Br)ccc2c1. The molecule has 1 aromatic heterocycles. The third-order valence-corrected chi connectivity index (χ3v) is 6.70. The largest absolute Gasteiger partial charge is 0.477 e. The number of hydrogen-bond donors (Lipinski definition) is 1. The highest BCUT2D eigenvalue weighted by Crippen LogP contribution is 2.30. The standard InChI is InChI=1S/C19H11BrClNO4S/c20-14-3-1-12-9-16(5-2-11(12)7-14)27(25,26)22-17-6-4-15(21)8-13(17)10-18(22)19(23)24/h1-10H,(H,23,24). The Bertz CT molecular complexity index is 1340. The second-order valence-corrected chi connectivity index (χ2v) is 9.10. The Morgan fingerprint density at radius 1 is 0.926 bits per heavy atom. The molecule has 0 atom stereocenters. The number of carbonyl (C=O) groups is 1. The third-order valence-electron chi connectivity index (χ3n) is 4.25. The minimum Gasteiger partial charge on any atom is -0.477 e. The molecule has 0 bridgehead atoms. The van der Waals surface area contributed by atoms with Gasteiger partial charge in [-0.05, 0) is 59.3 Å². The highest BCUT2D eigenvalue weighted by molar-refractivity contribution is 9.10. The van der Waals surface area contributed by atoms with E-state index >= 15 is 0 Å². The van der Waals surface area contributed by atoms with Gasteiger partial charge in [0.05, 0.1) is 10.4 Å². The van der Waals surface area contributed by atoms with Crippen LogP contribution in [0.2, 0.25) is 5.02 Å². The van der Waals surface area contributed by atoms with Gasteiger partial charge in [-0.1, -0.05) is 39.7 Å². The van der Waals surface area contributed by atoms with Crippen molar-refractivity contribution < 1.29 is 18.3 Å². The molecule has 4 aromatic rings. The summed E-state index contributed by atoms with van der Waals surface area (Å²) < 4.78 is 28.3. The van der Waals surface area contributed by atoms with Gasteiger partial charge in [-0.2, -0.15) is 0 Å². The molecule has 136 valence electrons. The molecule has 0 spiro atoms. The zero-order valence-electron chi connectivity index (χ0n) is 13.6. The molecule has 0 saturated carbocycles. The van der Waals surface area contributed by atoms with Crippen molar-refractivity contribution in [2.45, 2.75) is 4.90 Å². The van der Waals surface area contributed by atoms with E-state index < -0.39 is 16.0 Å². The number of hydrogen-bond acceptors (Lipinski definition) is 3. The van der Waals surface area contributed by atoms with Crippen LogP contribution in [0.15, 0.2) is 70.0 Å². The van der Waals surface area contributed by atoms with Gasteiger partial charge in [0.15, 0.2) is 0 Å². The maximum Gasteiger partial charge on any atom is 0.353 e. The van der Waals surface area contributed by atoms with E-state index in [1.165, 1.54) is 36.4 Å². The van der Waals surface area contributed by atoms with Crippen LogP contribution < -0.4 is 0 Å². The molecule has 5 nitrogen and oxygen atoms in total. The van der Waals surface area contributed by atoms with Gasteiger partial charge in [0.1, 0.15) is 5.69 Å². The van der Waals surface area contributed by atoms with Gasteiger partial charge < -0.3 is 5.11 Å². The lowest BCUT2D eigenvalue weighted by Crippen LogP contribution is -2.18. The Kier molecular flexibility index (Phi) is 4.25. The number of fused-ring (bicyclic) bond motifs is 2. The van der Waals surface area contributed by atoms with Crippen molar-refractivity contribution in [2.75, 3.05) is 0 Å². The van der Waals surface area contributed by atoms with Crippen molar-refractivity contribution in [1.82, 2.24) is 3.97 Å². The second kappa shape index (κ2) is 6.37. The van der Waals surface area contributed by atoms with E-state index in [-0.39, 0.29) is 16.1 Å². The number of rotatable bonds is 3. The lowest BCUT2D eigenvalue weighted by atomic mass is 10.1. The number of aromatic carboxylic acids is 1. The quantitative estimate of drug-likeness (QED) is 0.455. The number of carboxylic acid groups (broad SMARTS) is 1. The first-order valence-electron chi connectivity index (χ1n) is 7.76. The van der Waals surface area contributed by atoms with Crippen LogP contribution in [0.1, 0.15) is 10.5 Å². The van der Waals surface area contributed by atoms with E-state index in [1.807, 2.05) is 12.1 Å². The molecule has 0 fully saturated rings. The zero-order valence-corrected chi connectivity index (χ0v) is 16.7. The van der Waals surface area contributed by atoms with Crippen molar-refractivity contribution in [1.29, 1.82) is 0 Å². The molecule has 0 amide bonds. The van der Waals surface area contributed by atoms with Gasteiger partial charge in [-0.15, -0.1) is 0 Å². The van der Waals surface area contributed by atoms with Crippen molar-refractivity contribution in [2.24, 2.45) is 0 Å². The van der Waals surface area contributed by atoms with Crippen LogP contribution >= 0.6 is 27.5 Å². The predicted molar refractivity (Wildman–Crippen MR) is 108 cm³/mol. The van der Waals surface area contributed by atoms with Crippen molar-refractivity contribution in [3.8, 4) is 0 Å². The maximum absolute atomic E-state index is 13.3. The van der Waals surface area contributed by atoms with Gasteiger partial charge in [-0.3, -0.25) is 0 Å². The van der Waals surface area contributed by atoms with Crippen LogP contribution in [-0.2, 0) is 10.0 Å². The average molecular weight is 465 g/mol. The lowest BCUT2D eigenvalue weighted by molar-refractivity contribution is 0.0689. The molecule has 0 radical (unpaired) electrons. The van der Waals surface area contributed by atoms with E-state index in [0.717, 1.165) is 19.2 Å². The van der Waals surface area contributed by atoms with Crippen LogP contribution in [0.3, 0.4) is 0 Å². The number of carboxylic acids is 1. The minimum atomic E-state index is -4.13. The first kappa shape index (κ1) is 18.0. The van der Waals surface area contributed by atoms with Gasteiger partial charge in [0.2, 0.25) is 0 Å². The third kappa shape index (κ3) is 3.01. The molecule has 4 rings (SSSR count). The van der Waals surface area contributed by atoms with Crippen molar-refractivity contribution >= 4 is 65.2 Å². The highest BCUT2D eigenvalue weighted by Gasteiger charge is 2.26. The summed E-state index contributed by atoms with van der Waals surface area (Å²) in [4.78, 5) is 11.7. The predicted octanol–water partition coefficient (Wildman–Crippen LogP) is 5.15. The van der Waals surface area contributed by atoms with Crippen molar-refractivity contribution in [3.05, 3.63) is 75.9 Å². The first-order valence-corrected chi connectivity index (χ1v) is 10.4. The highest BCUT2D eigenvalue weighted by atomic mass is 79.9. The Balaban J connectivity index is 2.00. The molecule has 3 aromatic carbocycles. The van der Waals surface area contributed by atoms with Crippen LogP contribution in [0, 0.1) is 0 Å². The summed E-state index contributed by atoms with van der Waals surface area (Å²) in [5, 5.41) is 12.0. The topological polar surface area (TPSA) is 76.4 Å². The smallest absolute Gasteiger partial charge is 0.353 e. The van der Waals surface area contributed by atoms with E-state index in [2.05, 4.69) is 15.9 Å². The normalized spacial score (nSPS) is 11.9. The first-order chi connectivity index (χ1) is 12.8. The fraction of sp³-hybridized carbons (Fsp3) is 0. The molecule has 0 unspecified atom stereocenters. The number of aromatic nitrogens is 1. The molecule has 0 aliphatic rings. The molecule has 0 aliphatic heterocycles. The van der Waals surface area contributed by atoms with Crippen LogP contribution in [0.25, 0.3) is 21.7 Å². The Morgan fingerprint density at radius 2 is 1.63 bits per heavy atom. The average Bonchev–Trinajstić information content (AvgIpc) is 3.00. The van der Waals surface area contributed by atoms with Gasteiger partial charge in [-0.25, -0.2) is 17.2 Å². The van der Waals surface area contributed by atoms with Crippen LogP contribution in [0.5, 0.6) is 0 Å². The Hall–Kier alpha value is -2.35. The number of halogens is 2.